The molecule has 1 aromatic carbocycles. The van der Waals surface area contributed by atoms with Crippen LogP contribution in [0.3, 0.4) is 0 Å². The molecule has 0 unspecified atom stereocenters. The predicted octanol–water partition coefficient (Wildman–Crippen LogP) is 1.27. The van der Waals surface area contributed by atoms with Gasteiger partial charge in [-0.05, 0) is 18.2 Å². The number of aromatic carboxylic acids is 1. The van der Waals surface area contributed by atoms with Gasteiger partial charge < -0.3 is 10.8 Å². The average Bonchev–Trinajstić information content (AvgIpc) is 2.47. The molecule has 2 rings (SSSR count). The number of nitrogens with one attached hydrogen (secondary N) is 1. The molecule has 14 heavy (non-hydrogen) atoms. The van der Waals surface area contributed by atoms with Crippen molar-refractivity contribution in [3.8, 4) is 0 Å². The van der Waals surface area contributed by atoms with E-state index in [-0.39, 0.29) is 18.0 Å². The first kappa shape index (κ1) is 10.3. The molecule has 1 aromatic heterocycles. The predicted molar refractivity (Wildman–Crippen MR) is 54.7 cm³/mol. The third-order valence-electron chi connectivity index (χ3n) is 1.84. The smallest absolute Gasteiger partial charge is 0.335 e. The number of benzene rings is 1. The minimum absolute atomic E-state index is 0. The maximum absolute atomic E-state index is 10.6. The molecule has 0 aliphatic carbocycles. The highest BCUT2D eigenvalue weighted by Crippen LogP contribution is 2.18. The Bertz CT molecular complexity index is 480. The molecule has 0 spiro atoms. The first-order chi connectivity index (χ1) is 6.18. The molecule has 5 nitrogen and oxygen atoms in total. The molecule has 0 fully saturated rings. The lowest BCUT2D eigenvalue weighted by Crippen LogP contribution is -1.95. The van der Waals surface area contributed by atoms with Crippen molar-refractivity contribution in [1.82, 2.24) is 10.2 Å². The zero-order valence-electron chi connectivity index (χ0n) is 7.02. The number of carboxylic acids is 1. The lowest BCUT2D eigenvalue weighted by Gasteiger charge is -1.93. The molecule has 0 radical (unpaired) electrons. The summed E-state index contributed by atoms with van der Waals surface area (Å²) >= 11 is 0. The minimum Gasteiger partial charge on any atom is -0.478 e. The van der Waals surface area contributed by atoms with E-state index in [1.807, 2.05) is 0 Å². The summed E-state index contributed by atoms with van der Waals surface area (Å²) in [5.41, 5.74) is 6.46. The average molecular weight is 214 g/mol. The number of anilines is 1. The van der Waals surface area contributed by atoms with Crippen LogP contribution in [-0.2, 0) is 0 Å². The Labute approximate surface area is 85.3 Å². The highest BCUT2D eigenvalue weighted by molar-refractivity contribution is 5.96. The van der Waals surface area contributed by atoms with E-state index in [1.165, 1.54) is 12.1 Å². The van der Waals surface area contributed by atoms with Gasteiger partial charge in [0, 0.05) is 5.39 Å². The number of carboxylic acid groups (broad SMARTS) is 1. The van der Waals surface area contributed by atoms with Gasteiger partial charge in [0.1, 0.15) is 0 Å². The molecule has 6 heteroatoms. The molecule has 0 saturated carbocycles. The third kappa shape index (κ3) is 1.49. The standard InChI is InChI=1S/C8H7N3O2.ClH/c9-7-5-3-4(8(12)13)1-2-6(5)10-11-7;/h1-3H,(H,12,13)(H3,9,10,11);1H. The number of rotatable bonds is 1. The van der Waals surface area contributed by atoms with Crippen LogP contribution in [0.25, 0.3) is 10.9 Å². The number of halogens is 1. The summed E-state index contributed by atoms with van der Waals surface area (Å²) in [4.78, 5) is 10.6. The van der Waals surface area contributed by atoms with Gasteiger partial charge in [-0.3, -0.25) is 5.10 Å². The van der Waals surface area contributed by atoms with Crippen molar-refractivity contribution < 1.29 is 9.90 Å². The van der Waals surface area contributed by atoms with Crippen LogP contribution in [0.5, 0.6) is 0 Å². The van der Waals surface area contributed by atoms with E-state index in [0.29, 0.717) is 11.2 Å². The molecule has 0 aliphatic heterocycles. The molecule has 4 N–H and O–H groups in total. The van der Waals surface area contributed by atoms with Crippen LogP contribution in [0.15, 0.2) is 18.2 Å². The Morgan fingerprint density at radius 1 is 1.50 bits per heavy atom. The number of nitrogens with zero attached hydrogens (tertiary/aromatic N) is 1. The number of aromatic nitrogens is 2. The van der Waals surface area contributed by atoms with Crippen LogP contribution in [0, 0.1) is 0 Å². The van der Waals surface area contributed by atoms with Gasteiger partial charge in [0.05, 0.1) is 11.1 Å². The normalized spacial score (nSPS) is 9.71. The zero-order chi connectivity index (χ0) is 9.42. The second kappa shape index (κ2) is 3.55. The molecule has 0 saturated heterocycles. The molecule has 74 valence electrons. The number of aromatic amines is 1. The topological polar surface area (TPSA) is 92.0 Å². The van der Waals surface area contributed by atoms with Gasteiger partial charge in [-0.25, -0.2) is 4.79 Å². The monoisotopic (exact) mass is 213 g/mol. The summed E-state index contributed by atoms with van der Waals surface area (Å²) in [5.74, 6) is -0.652. The summed E-state index contributed by atoms with van der Waals surface area (Å²) in [6.45, 7) is 0. The van der Waals surface area contributed by atoms with Gasteiger partial charge in [0.25, 0.3) is 0 Å². The number of nitrogen functional groups attached to an aromatic ring is 1. The van der Waals surface area contributed by atoms with E-state index in [0.717, 1.165) is 5.52 Å². The zero-order valence-corrected chi connectivity index (χ0v) is 7.84. The maximum Gasteiger partial charge on any atom is 0.335 e. The SMILES string of the molecule is Cl.Nc1n[nH]c2ccc(C(=O)O)cc12. The highest BCUT2D eigenvalue weighted by Gasteiger charge is 2.06. The van der Waals surface area contributed by atoms with E-state index >= 15 is 0 Å². The molecule has 2 aromatic rings. The van der Waals surface area contributed by atoms with Gasteiger partial charge in [0.15, 0.2) is 5.82 Å². The molecule has 0 bridgehead atoms. The molecular formula is C8H8ClN3O2. The quantitative estimate of drug-likeness (QED) is 0.665. The summed E-state index contributed by atoms with van der Waals surface area (Å²) in [6.07, 6.45) is 0. The number of H-pyrrole nitrogens is 1. The molecule has 0 atom stereocenters. The Morgan fingerprint density at radius 2 is 2.21 bits per heavy atom. The van der Waals surface area contributed by atoms with E-state index < -0.39 is 5.97 Å². The number of hydrogen-bond acceptors (Lipinski definition) is 3. The van der Waals surface area contributed by atoms with Gasteiger partial charge in [0.2, 0.25) is 0 Å². The van der Waals surface area contributed by atoms with Crippen LogP contribution in [0.1, 0.15) is 10.4 Å². The van der Waals surface area contributed by atoms with Crippen molar-refractivity contribution in [2.24, 2.45) is 0 Å². The first-order valence-electron chi connectivity index (χ1n) is 3.65. The van der Waals surface area contributed by atoms with Crippen LogP contribution in [0.4, 0.5) is 5.82 Å². The lowest BCUT2D eigenvalue weighted by atomic mass is 10.1. The summed E-state index contributed by atoms with van der Waals surface area (Å²) in [5, 5.41) is 15.8. The molecule has 0 aliphatic rings. The van der Waals surface area contributed by atoms with Crippen LogP contribution in [0.2, 0.25) is 0 Å². The second-order valence-electron chi connectivity index (χ2n) is 2.67. The molecule has 1 heterocycles. The van der Waals surface area contributed by atoms with Gasteiger partial charge in [-0.2, -0.15) is 5.10 Å². The van der Waals surface area contributed by atoms with Gasteiger partial charge >= 0.3 is 5.97 Å². The minimum atomic E-state index is -0.970. The van der Waals surface area contributed by atoms with Crippen molar-refractivity contribution >= 4 is 35.1 Å². The van der Waals surface area contributed by atoms with Crippen LogP contribution < -0.4 is 5.73 Å². The van der Waals surface area contributed by atoms with E-state index in [4.69, 9.17) is 10.8 Å². The second-order valence-corrected chi connectivity index (χ2v) is 2.67. The van der Waals surface area contributed by atoms with Gasteiger partial charge in [-0.1, -0.05) is 0 Å². The molecule has 0 amide bonds. The lowest BCUT2D eigenvalue weighted by molar-refractivity contribution is 0.0697. The Morgan fingerprint density at radius 3 is 2.86 bits per heavy atom. The number of nitrogens with two attached hydrogens (primary N) is 1. The largest absolute Gasteiger partial charge is 0.478 e. The molecular weight excluding hydrogens is 206 g/mol. The summed E-state index contributed by atoms with van der Waals surface area (Å²) < 4.78 is 0. The van der Waals surface area contributed by atoms with Crippen molar-refractivity contribution in [1.29, 1.82) is 0 Å². The van der Waals surface area contributed by atoms with Crippen molar-refractivity contribution in [2.75, 3.05) is 5.73 Å². The van der Waals surface area contributed by atoms with Crippen LogP contribution >= 0.6 is 12.4 Å². The first-order valence-corrected chi connectivity index (χ1v) is 3.65. The number of hydrogen-bond donors (Lipinski definition) is 3. The Hall–Kier alpha value is -1.75. The van der Waals surface area contributed by atoms with E-state index in [2.05, 4.69) is 10.2 Å². The third-order valence-corrected chi connectivity index (χ3v) is 1.84. The fraction of sp³-hybridized carbons (Fsp3) is 0. The number of carbonyl (C=O) groups is 1. The highest BCUT2D eigenvalue weighted by atomic mass is 35.5. The summed E-state index contributed by atoms with van der Waals surface area (Å²) in [7, 11) is 0. The Kier molecular flexibility index (Phi) is 2.62. The van der Waals surface area contributed by atoms with Crippen molar-refractivity contribution in [3.05, 3.63) is 23.8 Å². The Balaban J connectivity index is 0.000000980. The van der Waals surface area contributed by atoms with Crippen molar-refractivity contribution in [2.45, 2.75) is 0 Å². The van der Waals surface area contributed by atoms with Crippen molar-refractivity contribution in [3.63, 3.8) is 0 Å². The van der Waals surface area contributed by atoms with Crippen LogP contribution in [-0.4, -0.2) is 21.3 Å². The maximum atomic E-state index is 10.6. The summed E-state index contributed by atoms with van der Waals surface area (Å²) in [6, 6.07) is 4.64. The number of fused-ring (bicyclic) bond motifs is 1. The van der Waals surface area contributed by atoms with E-state index in [1.54, 1.807) is 6.07 Å². The fourth-order valence-electron chi connectivity index (χ4n) is 1.17. The van der Waals surface area contributed by atoms with Gasteiger partial charge in [-0.15, -0.1) is 12.4 Å². The van der Waals surface area contributed by atoms with E-state index in [9.17, 15) is 4.79 Å². The fourth-order valence-corrected chi connectivity index (χ4v) is 1.17.